The van der Waals surface area contributed by atoms with Crippen molar-refractivity contribution >= 4 is 39.1 Å². The summed E-state index contributed by atoms with van der Waals surface area (Å²) in [4.78, 5) is 4.70. The van der Waals surface area contributed by atoms with Crippen LogP contribution in [0.1, 0.15) is 26.2 Å². The number of rotatable bonds is 6. The lowest BCUT2D eigenvalue weighted by Crippen LogP contribution is -2.18. The van der Waals surface area contributed by atoms with Crippen molar-refractivity contribution in [2.24, 2.45) is 0 Å². The molecule has 1 atom stereocenters. The number of anilines is 1. The molecule has 4 nitrogen and oxygen atoms in total. The Balaban J connectivity index is 1.98. The summed E-state index contributed by atoms with van der Waals surface area (Å²) in [5, 5.41) is 15.6. The molecule has 3 rings (SSSR count). The number of aliphatic hydroxyl groups excluding tert-OH is 1. The summed E-state index contributed by atoms with van der Waals surface area (Å²) < 4.78 is 5.40. The summed E-state index contributed by atoms with van der Waals surface area (Å²) in [5.74, 6) is 0.640. The number of hydrogen-bond acceptors (Lipinski definition) is 4. The molecule has 0 aliphatic carbocycles. The Hall–Kier alpha value is -2.04. The summed E-state index contributed by atoms with van der Waals surface area (Å²) in [7, 11) is 1.61. The first-order chi connectivity index (χ1) is 11.6. The Kier molecular flexibility index (Phi) is 5.07. The smallest absolute Gasteiger partial charge is 0.146 e. The van der Waals surface area contributed by atoms with E-state index in [0.717, 1.165) is 46.8 Å². The summed E-state index contributed by atoms with van der Waals surface area (Å²) in [6.07, 6.45) is 2.25. The largest absolute Gasteiger partial charge is 0.494 e. The van der Waals surface area contributed by atoms with Crippen LogP contribution >= 0.6 is 11.6 Å². The molecule has 2 aromatic carbocycles. The highest BCUT2D eigenvalue weighted by atomic mass is 35.5. The van der Waals surface area contributed by atoms with Gasteiger partial charge in [-0.1, -0.05) is 31.0 Å². The first-order valence-electron chi connectivity index (χ1n) is 8.14. The molecule has 1 heterocycles. The average Bonchev–Trinajstić information content (AvgIpc) is 2.58. The Bertz CT molecular complexity index is 867. The maximum atomic E-state index is 10.0. The summed E-state index contributed by atoms with van der Waals surface area (Å²) in [6, 6.07) is 11.6. The lowest BCUT2D eigenvalue weighted by atomic mass is 10.1. The molecular formula is C19H21ClN2O2. The topological polar surface area (TPSA) is 54.4 Å². The zero-order chi connectivity index (χ0) is 17.1. The van der Waals surface area contributed by atoms with Crippen molar-refractivity contribution in [1.82, 2.24) is 4.98 Å². The lowest BCUT2D eigenvalue weighted by Gasteiger charge is -2.14. The number of pyridine rings is 1. The van der Waals surface area contributed by atoms with Gasteiger partial charge >= 0.3 is 0 Å². The summed E-state index contributed by atoms with van der Waals surface area (Å²) in [5.41, 5.74) is 2.55. The van der Waals surface area contributed by atoms with Crippen LogP contribution in [0.4, 0.5) is 5.69 Å². The number of hydrogen-bond donors (Lipinski definition) is 2. The standard InChI is InChI=1S/C19H21ClN2O2/c1-3-4-5-18(23)21-13-7-6-12-10-14-16(22-17(12)11-13)9-8-15(20)19(14)24-2/h6-11,18,21,23H,3-5H2,1-2H3. The van der Waals surface area contributed by atoms with Crippen molar-refractivity contribution in [1.29, 1.82) is 0 Å². The Morgan fingerprint density at radius 2 is 2.04 bits per heavy atom. The van der Waals surface area contributed by atoms with E-state index in [9.17, 15) is 5.11 Å². The molecule has 0 amide bonds. The lowest BCUT2D eigenvalue weighted by molar-refractivity contribution is 0.190. The van der Waals surface area contributed by atoms with Crippen LogP contribution in [0.5, 0.6) is 5.75 Å². The molecule has 1 unspecified atom stereocenters. The molecule has 0 saturated heterocycles. The fourth-order valence-electron chi connectivity index (χ4n) is 2.81. The van der Waals surface area contributed by atoms with E-state index in [1.54, 1.807) is 13.2 Å². The first kappa shape index (κ1) is 16.8. The predicted molar refractivity (Wildman–Crippen MR) is 100.0 cm³/mol. The quantitative estimate of drug-likeness (QED) is 0.489. The summed E-state index contributed by atoms with van der Waals surface area (Å²) >= 11 is 6.19. The SMILES string of the molecule is CCCCC(O)Nc1ccc2cc3c(OC)c(Cl)ccc3nc2c1. The Labute approximate surface area is 146 Å². The van der Waals surface area contributed by atoms with Crippen LogP contribution in [0, 0.1) is 0 Å². The van der Waals surface area contributed by atoms with Gasteiger partial charge in [-0.2, -0.15) is 0 Å². The number of nitrogens with one attached hydrogen (secondary N) is 1. The van der Waals surface area contributed by atoms with Crippen LogP contribution in [0.25, 0.3) is 21.8 Å². The number of benzene rings is 2. The molecule has 0 fully saturated rings. The third kappa shape index (κ3) is 3.40. The molecule has 1 aromatic heterocycles. The maximum Gasteiger partial charge on any atom is 0.146 e. The molecule has 0 spiro atoms. The third-order valence-electron chi connectivity index (χ3n) is 4.06. The number of unbranched alkanes of at least 4 members (excludes halogenated alkanes) is 1. The van der Waals surface area contributed by atoms with Crippen molar-refractivity contribution in [3.63, 3.8) is 0 Å². The molecule has 0 bridgehead atoms. The highest BCUT2D eigenvalue weighted by Gasteiger charge is 2.10. The minimum Gasteiger partial charge on any atom is -0.494 e. The molecule has 24 heavy (non-hydrogen) atoms. The van der Waals surface area contributed by atoms with E-state index in [2.05, 4.69) is 12.2 Å². The fourth-order valence-corrected chi connectivity index (χ4v) is 3.05. The van der Waals surface area contributed by atoms with Gasteiger partial charge in [0.2, 0.25) is 0 Å². The number of aliphatic hydroxyl groups is 1. The van der Waals surface area contributed by atoms with Gasteiger partial charge in [-0.25, -0.2) is 4.98 Å². The molecule has 126 valence electrons. The van der Waals surface area contributed by atoms with E-state index in [-0.39, 0.29) is 0 Å². The van der Waals surface area contributed by atoms with Gasteiger partial charge in [0.25, 0.3) is 0 Å². The van der Waals surface area contributed by atoms with E-state index in [0.29, 0.717) is 10.8 Å². The number of nitrogens with zero attached hydrogens (tertiary/aromatic N) is 1. The van der Waals surface area contributed by atoms with Crippen LogP contribution in [0.15, 0.2) is 36.4 Å². The number of fused-ring (bicyclic) bond motifs is 2. The second-order valence-corrected chi connectivity index (χ2v) is 6.25. The van der Waals surface area contributed by atoms with Gasteiger partial charge in [0.05, 0.1) is 23.2 Å². The monoisotopic (exact) mass is 344 g/mol. The van der Waals surface area contributed by atoms with E-state index >= 15 is 0 Å². The zero-order valence-corrected chi connectivity index (χ0v) is 14.6. The Morgan fingerprint density at radius 1 is 1.21 bits per heavy atom. The van der Waals surface area contributed by atoms with E-state index < -0.39 is 6.23 Å². The maximum absolute atomic E-state index is 10.0. The van der Waals surface area contributed by atoms with Crippen molar-refractivity contribution in [2.75, 3.05) is 12.4 Å². The number of aromatic nitrogens is 1. The number of halogens is 1. The Morgan fingerprint density at radius 3 is 2.79 bits per heavy atom. The molecule has 0 aliphatic heterocycles. The zero-order valence-electron chi connectivity index (χ0n) is 13.8. The van der Waals surface area contributed by atoms with Crippen LogP contribution < -0.4 is 10.1 Å². The molecule has 0 radical (unpaired) electrons. The van der Waals surface area contributed by atoms with Crippen LogP contribution in [0.2, 0.25) is 5.02 Å². The normalized spacial score (nSPS) is 12.5. The van der Waals surface area contributed by atoms with Gasteiger partial charge in [0.15, 0.2) is 0 Å². The van der Waals surface area contributed by atoms with Gasteiger partial charge in [-0.05, 0) is 43.2 Å². The molecular weight excluding hydrogens is 324 g/mol. The number of methoxy groups -OCH3 is 1. The van der Waals surface area contributed by atoms with Crippen LogP contribution in [-0.4, -0.2) is 23.4 Å². The second-order valence-electron chi connectivity index (χ2n) is 5.85. The van der Waals surface area contributed by atoms with E-state index in [1.807, 2.05) is 30.3 Å². The summed E-state index contributed by atoms with van der Waals surface area (Å²) in [6.45, 7) is 2.11. The van der Waals surface area contributed by atoms with Gasteiger partial charge < -0.3 is 15.2 Å². The van der Waals surface area contributed by atoms with Gasteiger partial charge in [0, 0.05) is 16.5 Å². The van der Waals surface area contributed by atoms with Crippen molar-refractivity contribution in [3.05, 3.63) is 41.4 Å². The van der Waals surface area contributed by atoms with E-state index in [1.165, 1.54) is 0 Å². The third-order valence-corrected chi connectivity index (χ3v) is 4.36. The fraction of sp³-hybridized carbons (Fsp3) is 0.316. The minimum atomic E-state index is -0.540. The molecule has 2 N–H and O–H groups in total. The molecule has 3 aromatic rings. The highest BCUT2D eigenvalue weighted by Crippen LogP contribution is 2.34. The van der Waals surface area contributed by atoms with Gasteiger partial charge in [0.1, 0.15) is 12.0 Å². The predicted octanol–water partition coefficient (Wildman–Crippen LogP) is 4.97. The van der Waals surface area contributed by atoms with E-state index in [4.69, 9.17) is 21.3 Å². The molecule has 5 heteroatoms. The van der Waals surface area contributed by atoms with Crippen molar-refractivity contribution < 1.29 is 9.84 Å². The van der Waals surface area contributed by atoms with Crippen molar-refractivity contribution in [2.45, 2.75) is 32.4 Å². The highest BCUT2D eigenvalue weighted by molar-refractivity contribution is 6.33. The minimum absolute atomic E-state index is 0.540. The number of ether oxygens (including phenoxy) is 1. The van der Waals surface area contributed by atoms with Crippen LogP contribution in [0.3, 0.4) is 0 Å². The van der Waals surface area contributed by atoms with Crippen molar-refractivity contribution in [3.8, 4) is 5.75 Å². The van der Waals surface area contributed by atoms with Gasteiger partial charge in [-0.15, -0.1) is 0 Å². The molecule has 0 saturated carbocycles. The molecule has 0 aliphatic rings. The first-order valence-corrected chi connectivity index (χ1v) is 8.51. The van der Waals surface area contributed by atoms with Crippen LogP contribution in [-0.2, 0) is 0 Å². The van der Waals surface area contributed by atoms with Gasteiger partial charge in [-0.3, -0.25) is 0 Å². The second kappa shape index (κ2) is 7.24. The average molecular weight is 345 g/mol.